The first-order valence-corrected chi connectivity index (χ1v) is 7.69. The number of aromatic nitrogens is 2. The second-order valence-electron chi connectivity index (χ2n) is 3.92. The first-order valence-electron chi connectivity index (χ1n) is 5.56. The number of aryl methyl sites for hydroxylation is 1. The number of nitrogens with zero attached hydrogens (tertiary/aromatic N) is 2. The molecule has 2 aromatic rings. The van der Waals surface area contributed by atoms with Crippen molar-refractivity contribution in [2.75, 3.05) is 12.4 Å². The van der Waals surface area contributed by atoms with E-state index in [9.17, 15) is 9.35 Å². The fourth-order valence-corrected chi connectivity index (χ4v) is 3.98. The molecular formula is C11H13N3O3S2. The maximum absolute atomic E-state index is 11.9. The van der Waals surface area contributed by atoms with Crippen LogP contribution in [-0.2, 0) is 22.4 Å². The number of carbonyl (C=O) groups is 1. The molecule has 1 atom stereocenters. The molecule has 8 heteroatoms. The van der Waals surface area contributed by atoms with Gasteiger partial charge in [0.25, 0.3) is 0 Å². The normalized spacial score (nSPS) is 12.8. The lowest BCUT2D eigenvalue weighted by molar-refractivity contribution is -0.117. The number of aliphatic hydroxyl groups is 1. The van der Waals surface area contributed by atoms with Gasteiger partial charge in [-0.2, -0.15) is 0 Å². The minimum Gasteiger partial charge on any atom is -0.611 e. The van der Waals surface area contributed by atoms with Gasteiger partial charge >= 0.3 is 0 Å². The van der Waals surface area contributed by atoms with Gasteiger partial charge in [-0.3, -0.25) is 4.79 Å². The molecule has 0 saturated carbocycles. The quantitative estimate of drug-likeness (QED) is 0.762. The molecule has 1 unspecified atom stereocenters. The third kappa shape index (κ3) is 3.21. The molecule has 102 valence electrons. The first kappa shape index (κ1) is 14.2. The second kappa shape index (κ2) is 5.83. The van der Waals surface area contributed by atoms with Gasteiger partial charge in [-0.1, -0.05) is 11.3 Å². The molecule has 2 heterocycles. The van der Waals surface area contributed by atoms with Crippen molar-refractivity contribution < 1.29 is 14.5 Å². The van der Waals surface area contributed by atoms with Crippen LogP contribution in [0.15, 0.2) is 10.3 Å². The summed E-state index contributed by atoms with van der Waals surface area (Å²) in [6.45, 7) is 1.59. The Morgan fingerprint density at radius 1 is 1.58 bits per heavy atom. The highest BCUT2D eigenvalue weighted by atomic mass is 32.2. The van der Waals surface area contributed by atoms with E-state index in [1.807, 2.05) is 0 Å². The number of aliphatic hydroxyl groups excluding tert-OH is 1. The number of hydrogen-bond acceptors (Lipinski definition) is 6. The number of rotatable bonds is 5. The highest BCUT2D eigenvalue weighted by molar-refractivity contribution is 7.93. The summed E-state index contributed by atoms with van der Waals surface area (Å²) < 4.78 is 12.5. The maximum atomic E-state index is 11.9. The molecule has 1 amide bonds. The van der Waals surface area contributed by atoms with Crippen molar-refractivity contribution in [3.05, 3.63) is 17.6 Å². The van der Waals surface area contributed by atoms with E-state index < -0.39 is 17.1 Å². The number of carbonyl (C=O) groups excluding carboxylic acids is 1. The number of nitrogens with two attached hydrogens (primary N) is 1. The van der Waals surface area contributed by atoms with E-state index in [1.165, 1.54) is 11.3 Å². The van der Waals surface area contributed by atoms with Crippen molar-refractivity contribution in [2.24, 2.45) is 5.73 Å². The monoisotopic (exact) mass is 299 g/mol. The van der Waals surface area contributed by atoms with E-state index in [0.29, 0.717) is 25.9 Å². The van der Waals surface area contributed by atoms with Crippen LogP contribution in [0.2, 0.25) is 0 Å². The fraction of sp³-hybridized carbons (Fsp3) is 0.364. The Labute approximate surface area is 116 Å². The van der Waals surface area contributed by atoms with E-state index in [1.54, 1.807) is 13.0 Å². The van der Waals surface area contributed by atoms with Gasteiger partial charge in [0.1, 0.15) is 16.4 Å². The van der Waals surface area contributed by atoms with E-state index in [2.05, 4.69) is 9.97 Å². The lowest BCUT2D eigenvalue weighted by Gasteiger charge is -2.04. The van der Waals surface area contributed by atoms with E-state index in [-0.39, 0.29) is 18.8 Å². The summed E-state index contributed by atoms with van der Waals surface area (Å²) in [5, 5.41) is 9.52. The molecule has 0 radical (unpaired) electrons. The van der Waals surface area contributed by atoms with Crippen LogP contribution in [0.3, 0.4) is 0 Å². The van der Waals surface area contributed by atoms with E-state index in [4.69, 9.17) is 10.8 Å². The van der Waals surface area contributed by atoms with Crippen LogP contribution >= 0.6 is 11.3 Å². The van der Waals surface area contributed by atoms with Crippen molar-refractivity contribution >= 4 is 38.6 Å². The number of amides is 1. The Hall–Kier alpha value is -1.22. The third-order valence-corrected chi connectivity index (χ3v) is 5.15. The fourth-order valence-electron chi connectivity index (χ4n) is 1.67. The van der Waals surface area contributed by atoms with Gasteiger partial charge in [0, 0.05) is 11.5 Å². The zero-order valence-electron chi connectivity index (χ0n) is 10.3. The molecule has 6 nitrogen and oxygen atoms in total. The minimum absolute atomic E-state index is 0.0304. The smallest absolute Gasteiger partial charge is 0.223 e. The molecular weight excluding hydrogens is 286 g/mol. The predicted molar refractivity (Wildman–Crippen MR) is 73.4 cm³/mol. The topological polar surface area (TPSA) is 112 Å². The second-order valence-corrected chi connectivity index (χ2v) is 6.75. The summed E-state index contributed by atoms with van der Waals surface area (Å²) in [5.41, 5.74) is 5.75. The Balaban J connectivity index is 2.48. The van der Waals surface area contributed by atoms with E-state index >= 15 is 0 Å². The summed E-state index contributed by atoms with van der Waals surface area (Å²) in [4.78, 5) is 20.2. The molecule has 0 fully saturated rings. The van der Waals surface area contributed by atoms with Crippen LogP contribution in [0, 0.1) is 6.92 Å². The zero-order valence-corrected chi connectivity index (χ0v) is 11.9. The van der Waals surface area contributed by atoms with Crippen molar-refractivity contribution in [3.8, 4) is 0 Å². The SMILES string of the molecule is Cc1nc(CC(N)=O)c2cc([S+]([O-])CCO)sc2n1. The van der Waals surface area contributed by atoms with Gasteiger partial charge in [-0.15, -0.1) is 0 Å². The van der Waals surface area contributed by atoms with Crippen LogP contribution in [0.1, 0.15) is 11.5 Å². The minimum atomic E-state index is -1.26. The molecule has 0 aliphatic heterocycles. The Bertz CT molecular complexity index is 614. The summed E-state index contributed by atoms with van der Waals surface area (Å²) in [6, 6.07) is 1.71. The molecule has 0 spiro atoms. The molecule has 2 aromatic heterocycles. The summed E-state index contributed by atoms with van der Waals surface area (Å²) in [6.07, 6.45) is 0.0304. The Kier molecular flexibility index (Phi) is 4.35. The molecule has 0 bridgehead atoms. The molecule has 3 N–H and O–H groups in total. The van der Waals surface area contributed by atoms with Gasteiger partial charge in [-0.25, -0.2) is 9.97 Å². The highest BCUT2D eigenvalue weighted by Gasteiger charge is 2.18. The van der Waals surface area contributed by atoms with Crippen LogP contribution < -0.4 is 5.73 Å². The van der Waals surface area contributed by atoms with Gasteiger partial charge in [0.15, 0.2) is 0 Å². The summed E-state index contributed by atoms with van der Waals surface area (Å²) >= 11 is 0.0272. The summed E-state index contributed by atoms with van der Waals surface area (Å²) in [7, 11) is 0. The molecule has 0 aliphatic carbocycles. The third-order valence-electron chi connectivity index (χ3n) is 2.40. The van der Waals surface area contributed by atoms with Crippen LogP contribution in [0.5, 0.6) is 0 Å². The maximum Gasteiger partial charge on any atom is 0.223 e. The largest absolute Gasteiger partial charge is 0.611 e. The average molecular weight is 299 g/mol. The van der Waals surface area contributed by atoms with Crippen molar-refractivity contribution in [2.45, 2.75) is 17.6 Å². The lowest BCUT2D eigenvalue weighted by Crippen LogP contribution is -2.15. The number of primary amides is 1. The van der Waals surface area contributed by atoms with Gasteiger partial charge in [-0.05, 0) is 18.1 Å². The van der Waals surface area contributed by atoms with Crippen LogP contribution in [0.4, 0.5) is 0 Å². The first-order chi connectivity index (χ1) is 9.01. The average Bonchev–Trinajstić information content (AvgIpc) is 2.72. The van der Waals surface area contributed by atoms with Gasteiger partial charge in [0.2, 0.25) is 10.1 Å². The standard InChI is InChI=1S/C11H13N3O3S2/c1-6-13-8(5-9(12)16)7-4-10(18-11(7)14-6)19(17)3-2-15/h4,15H,2-3,5H2,1H3,(H2,12,16). The predicted octanol–water partition coefficient (Wildman–Crippen LogP) is 0.127. The molecule has 2 rings (SSSR count). The van der Waals surface area contributed by atoms with Gasteiger partial charge in [0.05, 0.1) is 18.7 Å². The molecule has 0 aromatic carbocycles. The van der Waals surface area contributed by atoms with E-state index in [0.717, 1.165) is 0 Å². The van der Waals surface area contributed by atoms with Crippen molar-refractivity contribution in [1.29, 1.82) is 0 Å². The number of fused-ring (bicyclic) bond motifs is 1. The zero-order chi connectivity index (χ0) is 14.0. The van der Waals surface area contributed by atoms with Gasteiger partial charge < -0.3 is 15.4 Å². The number of thiophene rings is 1. The summed E-state index contributed by atoms with van der Waals surface area (Å²) in [5.74, 6) is 0.262. The Morgan fingerprint density at radius 2 is 2.32 bits per heavy atom. The molecule has 0 aliphatic rings. The van der Waals surface area contributed by atoms with Crippen molar-refractivity contribution in [1.82, 2.24) is 9.97 Å². The number of hydrogen-bond donors (Lipinski definition) is 2. The Morgan fingerprint density at radius 3 is 2.95 bits per heavy atom. The lowest BCUT2D eigenvalue weighted by atomic mass is 10.2. The van der Waals surface area contributed by atoms with Crippen LogP contribution in [0.25, 0.3) is 10.2 Å². The van der Waals surface area contributed by atoms with Crippen LogP contribution in [-0.4, -0.2) is 37.9 Å². The van der Waals surface area contributed by atoms with Crippen molar-refractivity contribution in [3.63, 3.8) is 0 Å². The molecule has 19 heavy (non-hydrogen) atoms. The highest BCUT2D eigenvalue weighted by Crippen LogP contribution is 2.30. The molecule has 0 saturated heterocycles.